The maximum Gasteiger partial charge on any atom is 0.322 e. The standard InChI is InChI=1S/C8H7N4O2.Y/c1-5-9-2-6-8(11-5)12(4-10-6)3-7(13)14;/h4H,3H2,1H3,(H,13,14);/q-1;. The molecule has 0 aliphatic rings. The molecule has 6 nitrogen and oxygen atoms in total. The topological polar surface area (TPSA) is 80.9 Å². The number of aromatic nitrogens is 4. The van der Waals surface area contributed by atoms with E-state index in [2.05, 4.69) is 21.1 Å². The number of fused-ring (bicyclic) bond motifs is 1. The fraction of sp³-hybridized carbons (Fsp3) is 0.250. The van der Waals surface area contributed by atoms with Crippen LogP contribution in [0.25, 0.3) is 11.2 Å². The third-order valence-electron chi connectivity index (χ3n) is 1.71. The normalized spacial score (nSPS) is 9.93. The Hall–Kier alpha value is -0.876. The molecule has 0 bridgehead atoms. The number of carbonyl (C=O) groups is 1. The number of carboxylic acid groups (broad SMARTS) is 1. The fourth-order valence-corrected chi connectivity index (χ4v) is 1.15. The van der Waals surface area contributed by atoms with Crippen LogP contribution in [-0.2, 0) is 44.0 Å². The average Bonchev–Trinajstić information content (AvgIpc) is 2.47. The molecule has 0 aliphatic carbocycles. The van der Waals surface area contributed by atoms with Crippen LogP contribution in [0.5, 0.6) is 0 Å². The van der Waals surface area contributed by atoms with E-state index in [4.69, 9.17) is 5.11 Å². The molecule has 0 aliphatic heterocycles. The monoisotopic (exact) mass is 280 g/mol. The summed E-state index contributed by atoms with van der Waals surface area (Å²) in [6, 6.07) is 0. The smallest absolute Gasteiger partial charge is 0.322 e. The minimum Gasteiger partial charge on any atom is -0.480 e. The summed E-state index contributed by atoms with van der Waals surface area (Å²) < 4.78 is 1.45. The third-order valence-corrected chi connectivity index (χ3v) is 1.71. The van der Waals surface area contributed by atoms with Crippen LogP contribution >= 0.6 is 0 Å². The van der Waals surface area contributed by atoms with Crippen LogP contribution in [0.4, 0.5) is 0 Å². The van der Waals surface area contributed by atoms with Gasteiger partial charge in [-0.05, 0) is 6.20 Å². The summed E-state index contributed by atoms with van der Waals surface area (Å²) in [5.41, 5.74) is 0.983. The van der Waals surface area contributed by atoms with Gasteiger partial charge in [0.25, 0.3) is 0 Å². The van der Waals surface area contributed by atoms with Gasteiger partial charge in [0, 0.05) is 49.7 Å². The van der Waals surface area contributed by atoms with Crippen molar-refractivity contribution < 1.29 is 42.6 Å². The average molecular weight is 280 g/mol. The van der Waals surface area contributed by atoms with Crippen molar-refractivity contribution in [2.24, 2.45) is 0 Å². The molecule has 2 rings (SSSR count). The molecule has 0 amide bonds. The Morgan fingerprint density at radius 3 is 3.07 bits per heavy atom. The molecule has 2 heterocycles. The van der Waals surface area contributed by atoms with Crippen LogP contribution in [0.15, 0.2) is 6.33 Å². The summed E-state index contributed by atoms with van der Waals surface area (Å²) in [5, 5.41) is 8.61. The summed E-state index contributed by atoms with van der Waals surface area (Å²) in [5.74, 6) is -0.384. The molecular formula is C8H7N4O2Y-. The number of rotatable bonds is 2. The number of nitrogens with zero attached hydrogens (tertiary/aromatic N) is 4. The summed E-state index contributed by atoms with van der Waals surface area (Å²) in [6.45, 7) is 1.56. The zero-order chi connectivity index (χ0) is 10.1. The Labute approximate surface area is 111 Å². The minimum absolute atomic E-state index is 0. The first-order valence-corrected chi connectivity index (χ1v) is 3.96. The molecule has 0 atom stereocenters. The summed E-state index contributed by atoms with van der Waals surface area (Å²) >= 11 is 0. The predicted molar refractivity (Wildman–Crippen MR) is 46.5 cm³/mol. The number of imidazole rings is 1. The Morgan fingerprint density at radius 2 is 2.40 bits per heavy atom. The second kappa shape index (κ2) is 4.76. The molecule has 1 radical (unpaired) electrons. The first-order chi connectivity index (χ1) is 6.66. The van der Waals surface area contributed by atoms with E-state index in [1.807, 2.05) is 0 Å². The Morgan fingerprint density at radius 1 is 1.67 bits per heavy atom. The second-order valence-corrected chi connectivity index (χ2v) is 2.82. The minimum atomic E-state index is -0.930. The Balaban J connectivity index is 0.00000112. The first-order valence-electron chi connectivity index (χ1n) is 3.96. The molecule has 7 heteroatoms. The van der Waals surface area contributed by atoms with Gasteiger partial charge in [0.05, 0.1) is 6.33 Å². The van der Waals surface area contributed by atoms with E-state index in [0.717, 1.165) is 0 Å². The molecule has 0 spiro atoms. The van der Waals surface area contributed by atoms with E-state index >= 15 is 0 Å². The van der Waals surface area contributed by atoms with Crippen molar-refractivity contribution in [1.29, 1.82) is 0 Å². The van der Waals surface area contributed by atoms with Crippen LogP contribution in [0.2, 0.25) is 0 Å². The number of carboxylic acids is 1. The van der Waals surface area contributed by atoms with Crippen LogP contribution in [0.1, 0.15) is 5.82 Å². The molecule has 75 valence electrons. The zero-order valence-electron chi connectivity index (χ0n) is 8.01. The molecule has 2 aromatic heterocycles. The van der Waals surface area contributed by atoms with Gasteiger partial charge in [-0.3, -0.25) is 9.78 Å². The molecular weight excluding hydrogens is 273 g/mol. The van der Waals surface area contributed by atoms with Crippen molar-refractivity contribution in [3.05, 3.63) is 18.3 Å². The van der Waals surface area contributed by atoms with E-state index < -0.39 is 5.97 Å². The number of aliphatic carboxylic acids is 1. The zero-order valence-corrected chi connectivity index (χ0v) is 10.8. The van der Waals surface area contributed by atoms with Crippen molar-refractivity contribution in [2.75, 3.05) is 0 Å². The van der Waals surface area contributed by atoms with Crippen molar-refractivity contribution in [3.63, 3.8) is 0 Å². The largest absolute Gasteiger partial charge is 0.480 e. The summed E-state index contributed by atoms with van der Waals surface area (Å²) in [6.07, 6.45) is 4.10. The van der Waals surface area contributed by atoms with Gasteiger partial charge in [-0.1, -0.05) is 6.92 Å². The van der Waals surface area contributed by atoms with Gasteiger partial charge in [0.15, 0.2) is 0 Å². The van der Waals surface area contributed by atoms with Gasteiger partial charge in [-0.2, -0.15) is 0 Å². The van der Waals surface area contributed by atoms with Gasteiger partial charge in [-0.25, -0.2) is 0 Å². The van der Waals surface area contributed by atoms with Gasteiger partial charge in [0.1, 0.15) is 6.54 Å². The molecule has 0 unspecified atom stereocenters. The molecule has 0 saturated heterocycles. The molecule has 1 N–H and O–H groups in total. The van der Waals surface area contributed by atoms with E-state index in [0.29, 0.717) is 17.0 Å². The van der Waals surface area contributed by atoms with Crippen molar-refractivity contribution >= 4 is 17.1 Å². The van der Waals surface area contributed by atoms with Crippen LogP contribution < -0.4 is 0 Å². The molecule has 15 heavy (non-hydrogen) atoms. The maximum absolute atomic E-state index is 10.5. The predicted octanol–water partition coefficient (Wildman–Crippen LogP) is 0.0170. The Bertz CT molecular complexity index is 496. The van der Waals surface area contributed by atoms with Crippen LogP contribution in [0, 0.1) is 13.1 Å². The molecule has 0 saturated carbocycles. The quantitative estimate of drug-likeness (QED) is 0.784. The van der Waals surface area contributed by atoms with Gasteiger partial charge in [0.2, 0.25) is 0 Å². The molecule has 0 fully saturated rings. The van der Waals surface area contributed by atoms with E-state index in [1.165, 1.54) is 10.9 Å². The second-order valence-electron chi connectivity index (χ2n) is 2.82. The number of aryl methyl sites for hydroxylation is 1. The van der Waals surface area contributed by atoms with Crippen molar-refractivity contribution in [1.82, 2.24) is 19.5 Å². The third kappa shape index (κ3) is 2.57. The van der Waals surface area contributed by atoms with Gasteiger partial charge < -0.3 is 19.6 Å². The summed E-state index contributed by atoms with van der Waals surface area (Å²) in [7, 11) is 0. The first kappa shape index (κ1) is 12.2. The maximum atomic E-state index is 10.5. The van der Waals surface area contributed by atoms with Crippen LogP contribution in [0.3, 0.4) is 0 Å². The fourth-order valence-electron chi connectivity index (χ4n) is 1.15. The van der Waals surface area contributed by atoms with E-state index in [1.54, 1.807) is 6.92 Å². The SMILES string of the molecule is Cc1n[c-]c2ncn(CC(=O)O)c2n1.[Y]. The van der Waals surface area contributed by atoms with E-state index in [-0.39, 0.29) is 39.3 Å². The molecule has 0 aromatic carbocycles. The van der Waals surface area contributed by atoms with E-state index in [9.17, 15) is 4.79 Å². The number of hydrogen-bond acceptors (Lipinski definition) is 4. The van der Waals surface area contributed by atoms with Crippen molar-refractivity contribution in [3.8, 4) is 0 Å². The van der Waals surface area contributed by atoms with Gasteiger partial charge in [-0.15, -0.1) is 0 Å². The van der Waals surface area contributed by atoms with Crippen LogP contribution in [-0.4, -0.2) is 30.6 Å². The Kier molecular flexibility index (Phi) is 3.87. The number of hydrogen-bond donors (Lipinski definition) is 1. The van der Waals surface area contributed by atoms with Gasteiger partial charge >= 0.3 is 5.97 Å². The molecule has 2 aromatic rings. The summed E-state index contributed by atoms with van der Waals surface area (Å²) in [4.78, 5) is 22.3. The van der Waals surface area contributed by atoms with Crippen molar-refractivity contribution in [2.45, 2.75) is 13.5 Å².